The van der Waals surface area contributed by atoms with Crippen LogP contribution < -0.4 is 4.90 Å². The van der Waals surface area contributed by atoms with Gasteiger partial charge in [0, 0.05) is 33.8 Å². The quantitative estimate of drug-likeness (QED) is 0.136. The zero-order valence-electron chi connectivity index (χ0n) is 37.6. The van der Waals surface area contributed by atoms with Crippen LogP contribution >= 0.6 is 0 Å². The molecule has 1 spiro atoms. The van der Waals surface area contributed by atoms with Gasteiger partial charge < -0.3 is 9.32 Å². The van der Waals surface area contributed by atoms with Crippen LogP contribution in [0.5, 0.6) is 0 Å². The average Bonchev–Trinajstić information content (AvgIpc) is 4.04. The van der Waals surface area contributed by atoms with Crippen LogP contribution in [0.2, 0.25) is 0 Å². The van der Waals surface area contributed by atoms with Crippen molar-refractivity contribution >= 4 is 28.0 Å². The topological polar surface area (TPSA) is 16.4 Å². The van der Waals surface area contributed by atoms with Gasteiger partial charge in [0.25, 0.3) is 0 Å². The molecule has 0 saturated carbocycles. The Morgan fingerprint density at radius 3 is 1.62 bits per heavy atom. The second-order valence-corrected chi connectivity index (χ2v) is 18.3. The Morgan fingerprint density at radius 2 is 0.941 bits per heavy atom. The lowest BCUT2D eigenvalue weighted by atomic mass is 9.69. The molecule has 0 radical (unpaired) electrons. The van der Waals surface area contributed by atoms with E-state index in [0.717, 1.165) is 52.2 Å². The zero-order valence-corrected chi connectivity index (χ0v) is 37.6. The molecule has 2 aliphatic carbocycles. The number of hydrogen-bond acceptors (Lipinski definition) is 2. The molecule has 1 aromatic heterocycles. The van der Waals surface area contributed by atoms with Crippen LogP contribution in [-0.4, -0.2) is 0 Å². The van der Waals surface area contributed by atoms with E-state index < -0.39 is 5.41 Å². The average molecular weight is 870 g/mol. The van der Waals surface area contributed by atoms with Gasteiger partial charge in [-0.2, -0.15) is 0 Å². The molecular formula is C66H47NO. The number of furan rings is 1. The molecular weight excluding hydrogens is 823 g/mol. The maximum absolute atomic E-state index is 7.21. The molecule has 2 unspecified atom stereocenters. The Hall–Kier alpha value is -8.46. The Balaban J connectivity index is 1.01. The van der Waals surface area contributed by atoms with Crippen LogP contribution in [-0.2, 0) is 11.8 Å². The van der Waals surface area contributed by atoms with E-state index >= 15 is 0 Å². The largest absolute Gasteiger partial charge is 0.456 e. The van der Waals surface area contributed by atoms with Gasteiger partial charge in [-0.15, -0.1) is 0 Å². The van der Waals surface area contributed by atoms with Crippen LogP contribution in [0.15, 0.2) is 259 Å². The summed E-state index contributed by atoms with van der Waals surface area (Å²) < 4.78 is 7.21. The third-order valence-corrected chi connectivity index (χ3v) is 14.6. The summed E-state index contributed by atoms with van der Waals surface area (Å²) in [5, 5.41) is 1.15. The van der Waals surface area contributed by atoms with Gasteiger partial charge >= 0.3 is 0 Å². The van der Waals surface area contributed by atoms with Crippen LogP contribution in [0, 0.1) is 0 Å². The summed E-state index contributed by atoms with van der Waals surface area (Å²) >= 11 is 0. The fourth-order valence-corrected chi connectivity index (χ4v) is 11.5. The molecule has 11 aromatic rings. The molecule has 2 nitrogen and oxygen atoms in total. The number of fused-ring (bicyclic) bond motifs is 12. The highest BCUT2D eigenvalue weighted by molar-refractivity contribution is 6.05. The lowest BCUT2D eigenvalue weighted by Crippen LogP contribution is -2.26. The first-order valence-corrected chi connectivity index (χ1v) is 23.8. The van der Waals surface area contributed by atoms with Crippen molar-refractivity contribution in [3.8, 4) is 44.7 Å². The summed E-state index contributed by atoms with van der Waals surface area (Å²) in [6, 6.07) is 93.5. The Morgan fingerprint density at radius 1 is 0.412 bits per heavy atom. The number of benzene rings is 10. The van der Waals surface area contributed by atoms with Crippen LogP contribution in [0.3, 0.4) is 0 Å². The van der Waals surface area contributed by atoms with E-state index in [9.17, 15) is 0 Å². The van der Waals surface area contributed by atoms with Gasteiger partial charge in [0.15, 0.2) is 0 Å². The molecule has 0 amide bonds. The van der Waals surface area contributed by atoms with Gasteiger partial charge in [0.05, 0.1) is 11.1 Å². The Kier molecular flexibility index (Phi) is 9.65. The third-order valence-electron chi connectivity index (χ3n) is 14.6. The van der Waals surface area contributed by atoms with Gasteiger partial charge in [0.2, 0.25) is 0 Å². The molecule has 322 valence electrons. The summed E-state index contributed by atoms with van der Waals surface area (Å²) in [4.78, 5) is 2.40. The summed E-state index contributed by atoms with van der Waals surface area (Å²) in [6.45, 7) is 0. The molecule has 1 heterocycles. The van der Waals surface area contributed by atoms with Crippen molar-refractivity contribution in [2.24, 2.45) is 0 Å². The fourth-order valence-electron chi connectivity index (χ4n) is 11.5. The minimum absolute atomic E-state index is 0.138. The molecule has 2 atom stereocenters. The van der Waals surface area contributed by atoms with Crippen LogP contribution in [0.25, 0.3) is 55.7 Å². The molecule has 10 aromatic carbocycles. The van der Waals surface area contributed by atoms with E-state index in [1.165, 1.54) is 72.3 Å². The lowest BCUT2D eigenvalue weighted by Gasteiger charge is -2.32. The minimum Gasteiger partial charge on any atom is -0.456 e. The number of anilines is 3. The molecule has 2 aliphatic rings. The zero-order chi connectivity index (χ0) is 45.0. The standard InChI is InChI=1S/C66H47NO/c1-5-18-46(19-6-1)48-35-32-45(33-36-48)34-42-54(50-39-37-49(38-40-50)47-20-7-2-8-21-47)51-41-43-56-55-26-13-15-28-58(55)66(60(56)44-51)59-29-17-30-61(63(59)65-64(66)57-27-14-16-31-62(57)68-65)67(52-22-9-3-10-23-52)53-24-11-4-12-25-53/h1-33,35-41,43-44,54H,34,42H2. The van der Waals surface area contributed by atoms with Crippen LogP contribution in [0.1, 0.15) is 51.3 Å². The van der Waals surface area contributed by atoms with Gasteiger partial charge in [-0.3, -0.25) is 0 Å². The van der Waals surface area contributed by atoms with Crippen molar-refractivity contribution in [2.75, 3.05) is 4.90 Å². The van der Waals surface area contributed by atoms with Gasteiger partial charge in [0.1, 0.15) is 11.3 Å². The summed E-state index contributed by atoms with van der Waals surface area (Å²) in [5.41, 5.74) is 21.2. The SMILES string of the molecule is c1ccc(-c2ccc(CCC(c3ccc(-c4ccccc4)cc3)c3ccc4c(c3)C3(c5ccccc5-4)c4cccc(N(c5ccccc5)c5ccccc5)c4-c4oc5ccccc5c43)cc2)cc1. The second kappa shape index (κ2) is 16.5. The highest BCUT2D eigenvalue weighted by Gasteiger charge is 2.55. The maximum atomic E-state index is 7.21. The predicted molar refractivity (Wildman–Crippen MR) is 281 cm³/mol. The molecule has 0 bridgehead atoms. The smallest absolute Gasteiger partial charge is 0.142 e. The summed E-state index contributed by atoms with van der Waals surface area (Å²) in [7, 11) is 0. The van der Waals surface area contributed by atoms with Crippen molar-refractivity contribution < 1.29 is 4.42 Å². The number of para-hydroxylation sites is 3. The molecule has 0 fully saturated rings. The lowest BCUT2D eigenvalue weighted by molar-refractivity contribution is 0.628. The first-order chi connectivity index (χ1) is 33.7. The van der Waals surface area contributed by atoms with Gasteiger partial charge in [-0.05, 0) is 116 Å². The van der Waals surface area contributed by atoms with E-state index in [-0.39, 0.29) is 5.92 Å². The Labute approximate surface area is 398 Å². The monoisotopic (exact) mass is 869 g/mol. The second-order valence-electron chi connectivity index (χ2n) is 18.3. The third kappa shape index (κ3) is 6.40. The number of aryl methyl sites for hydroxylation is 1. The summed E-state index contributed by atoms with van der Waals surface area (Å²) in [5.74, 6) is 1.08. The van der Waals surface area contributed by atoms with Gasteiger partial charge in [-0.25, -0.2) is 0 Å². The first-order valence-electron chi connectivity index (χ1n) is 23.8. The van der Waals surface area contributed by atoms with Crippen molar-refractivity contribution in [3.05, 3.63) is 294 Å². The van der Waals surface area contributed by atoms with Crippen molar-refractivity contribution in [1.82, 2.24) is 0 Å². The van der Waals surface area contributed by atoms with Crippen LogP contribution in [0.4, 0.5) is 17.1 Å². The number of nitrogens with zero attached hydrogens (tertiary/aromatic N) is 1. The molecule has 13 rings (SSSR count). The molecule has 0 aliphatic heterocycles. The van der Waals surface area contributed by atoms with Crippen molar-refractivity contribution in [1.29, 1.82) is 0 Å². The minimum atomic E-state index is -0.636. The van der Waals surface area contributed by atoms with Crippen molar-refractivity contribution in [2.45, 2.75) is 24.2 Å². The fraction of sp³-hybridized carbons (Fsp3) is 0.0606. The molecule has 2 heteroatoms. The molecule has 68 heavy (non-hydrogen) atoms. The molecule has 0 saturated heterocycles. The van der Waals surface area contributed by atoms with E-state index in [0.29, 0.717) is 0 Å². The Bertz CT molecular complexity index is 3560. The summed E-state index contributed by atoms with van der Waals surface area (Å²) in [6.07, 6.45) is 1.90. The number of rotatable bonds is 10. The van der Waals surface area contributed by atoms with E-state index in [4.69, 9.17) is 4.42 Å². The first kappa shape index (κ1) is 39.9. The van der Waals surface area contributed by atoms with Gasteiger partial charge in [-0.1, -0.05) is 218 Å². The van der Waals surface area contributed by atoms with E-state index in [1.807, 2.05) is 0 Å². The maximum Gasteiger partial charge on any atom is 0.142 e. The highest BCUT2D eigenvalue weighted by Crippen LogP contribution is 2.67. The normalized spacial score (nSPS) is 14.6. The van der Waals surface area contributed by atoms with Crippen molar-refractivity contribution in [3.63, 3.8) is 0 Å². The molecule has 0 N–H and O–H groups in total. The highest BCUT2D eigenvalue weighted by atomic mass is 16.3. The van der Waals surface area contributed by atoms with E-state index in [1.54, 1.807) is 0 Å². The number of hydrogen-bond donors (Lipinski definition) is 0. The van der Waals surface area contributed by atoms with E-state index in [2.05, 4.69) is 260 Å². The predicted octanol–water partition coefficient (Wildman–Crippen LogP) is 17.3.